The van der Waals surface area contributed by atoms with Crippen LogP contribution in [0.25, 0.3) is 0 Å². The van der Waals surface area contributed by atoms with Gasteiger partial charge >= 0.3 is 0 Å². The highest BCUT2D eigenvalue weighted by Crippen LogP contribution is 2.32. The zero-order chi connectivity index (χ0) is 13.3. The molecule has 0 aromatic carbocycles. The van der Waals surface area contributed by atoms with Gasteiger partial charge in [0.25, 0.3) is 0 Å². The second kappa shape index (κ2) is 5.51. The molecule has 2 bridgehead atoms. The summed E-state index contributed by atoms with van der Waals surface area (Å²) in [6.07, 6.45) is 8.78. The molecule has 2 saturated heterocycles. The van der Waals surface area contributed by atoms with Crippen molar-refractivity contribution in [3.8, 4) is 0 Å². The zero-order valence-corrected chi connectivity index (χ0v) is 12.8. The Morgan fingerprint density at radius 3 is 2.74 bits per heavy atom. The van der Waals surface area contributed by atoms with Crippen LogP contribution < -0.4 is 10.6 Å². The maximum atomic E-state index is 4.43. The first kappa shape index (κ1) is 13.5. The molecule has 0 spiro atoms. The molecule has 2 unspecified atom stereocenters. The van der Waals surface area contributed by atoms with Gasteiger partial charge < -0.3 is 10.6 Å². The van der Waals surface area contributed by atoms with Gasteiger partial charge in [0.05, 0.1) is 5.54 Å². The van der Waals surface area contributed by atoms with Crippen molar-refractivity contribution in [1.29, 1.82) is 0 Å². The molecule has 2 aliphatic heterocycles. The van der Waals surface area contributed by atoms with Crippen LogP contribution in [0.4, 0.5) is 0 Å². The third-order valence-corrected chi connectivity index (χ3v) is 5.75. The SMILES string of the molecule is CC(C)(NCCC1CC2CCC(C1)N2)c1nccs1. The Balaban J connectivity index is 1.45. The van der Waals surface area contributed by atoms with Gasteiger partial charge in [-0.2, -0.15) is 0 Å². The molecule has 3 nitrogen and oxygen atoms in total. The van der Waals surface area contributed by atoms with Gasteiger partial charge in [-0.05, 0) is 58.4 Å². The van der Waals surface area contributed by atoms with Gasteiger partial charge in [-0.3, -0.25) is 0 Å². The van der Waals surface area contributed by atoms with Crippen LogP contribution in [0.15, 0.2) is 11.6 Å². The lowest BCUT2D eigenvalue weighted by Gasteiger charge is -2.30. The number of hydrogen-bond acceptors (Lipinski definition) is 4. The predicted octanol–water partition coefficient (Wildman–Crippen LogP) is 2.89. The van der Waals surface area contributed by atoms with Crippen molar-refractivity contribution < 1.29 is 0 Å². The Labute approximate surface area is 120 Å². The summed E-state index contributed by atoms with van der Waals surface area (Å²) in [6.45, 7) is 5.58. The van der Waals surface area contributed by atoms with Crippen LogP contribution >= 0.6 is 11.3 Å². The van der Waals surface area contributed by atoms with E-state index in [-0.39, 0.29) is 5.54 Å². The van der Waals surface area contributed by atoms with Gasteiger partial charge in [0, 0.05) is 23.7 Å². The second-order valence-corrected chi connectivity index (χ2v) is 7.55. The lowest BCUT2D eigenvalue weighted by Crippen LogP contribution is -2.41. The Hall–Kier alpha value is -0.450. The number of aromatic nitrogens is 1. The van der Waals surface area contributed by atoms with E-state index in [1.165, 1.54) is 37.1 Å². The van der Waals surface area contributed by atoms with Crippen LogP contribution in [0, 0.1) is 5.92 Å². The fourth-order valence-corrected chi connectivity index (χ4v) is 4.35. The van der Waals surface area contributed by atoms with Gasteiger partial charge in [-0.25, -0.2) is 4.98 Å². The van der Waals surface area contributed by atoms with Crippen molar-refractivity contribution in [2.45, 2.75) is 63.6 Å². The third-order valence-electron chi connectivity index (χ3n) is 4.66. The number of nitrogens with one attached hydrogen (secondary N) is 2. The minimum atomic E-state index is 0.0140. The van der Waals surface area contributed by atoms with E-state index in [1.54, 1.807) is 11.3 Å². The van der Waals surface area contributed by atoms with Gasteiger partial charge in [0.15, 0.2) is 0 Å². The molecule has 3 rings (SSSR count). The van der Waals surface area contributed by atoms with Crippen molar-refractivity contribution in [3.05, 3.63) is 16.6 Å². The van der Waals surface area contributed by atoms with E-state index in [2.05, 4.69) is 34.8 Å². The van der Waals surface area contributed by atoms with E-state index in [1.807, 2.05) is 6.20 Å². The van der Waals surface area contributed by atoms with E-state index in [0.29, 0.717) is 0 Å². The summed E-state index contributed by atoms with van der Waals surface area (Å²) in [5, 5.41) is 10.7. The molecule has 2 fully saturated rings. The normalized spacial score (nSPS) is 30.7. The van der Waals surface area contributed by atoms with Gasteiger partial charge in [-0.15, -0.1) is 11.3 Å². The standard InChI is InChI=1S/C15H25N3S/c1-15(2,14-16-7-8-19-14)17-6-5-11-9-12-3-4-13(10-11)18-12/h7-8,11-13,17-18H,3-6,9-10H2,1-2H3. The van der Waals surface area contributed by atoms with Crippen molar-refractivity contribution >= 4 is 11.3 Å². The molecule has 2 N–H and O–H groups in total. The molecule has 1 aromatic rings. The molecular formula is C15H25N3S. The zero-order valence-electron chi connectivity index (χ0n) is 12.0. The van der Waals surface area contributed by atoms with Crippen LogP contribution in [0.3, 0.4) is 0 Å². The monoisotopic (exact) mass is 279 g/mol. The maximum Gasteiger partial charge on any atom is 0.112 e. The third kappa shape index (κ3) is 3.18. The number of thiazole rings is 1. The van der Waals surface area contributed by atoms with E-state index >= 15 is 0 Å². The van der Waals surface area contributed by atoms with E-state index in [0.717, 1.165) is 24.5 Å². The summed E-state index contributed by atoms with van der Waals surface area (Å²) in [6, 6.07) is 1.63. The molecule has 2 aliphatic rings. The van der Waals surface area contributed by atoms with Crippen LogP contribution in [-0.2, 0) is 5.54 Å². The van der Waals surface area contributed by atoms with Gasteiger partial charge in [0.1, 0.15) is 5.01 Å². The molecular weight excluding hydrogens is 254 g/mol. The lowest BCUT2D eigenvalue weighted by molar-refractivity contribution is 0.272. The molecule has 0 aliphatic carbocycles. The number of nitrogens with zero attached hydrogens (tertiary/aromatic N) is 1. The molecule has 0 amide bonds. The van der Waals surface area contributed by atoms with Crippen LogP contribution in [0.5, 0.6) is 0 Å². The van der Waals surface area contributed by atoms with Crippen LogP contribution in [-0.4, -0.2) is 23.6 Å². The predicted molar refractivity (Wildman–Crippen MR) is 80.4 cm³/mol. The molecule has 106 valence electrons. The molecule has 3 heterocycles. The van der Waals surface area contributed by atoms with Crippen molar-refractivity contribution in [2.75, 3.05) is 6.54 Å². The molecule has 2 atom stereocenters. The average molecular weight is 279 g/mol. The van der Waals surface area contributed by atoms with Gasteiger partial charge in [-0.1, -0.05) is 0 Å². The minimum absolute atomic E-state index is 0.0140. The lowest BCUT2D eigenvalue weighted by atomic mass is 9.89. The minimum Gasteiger partial charge on any atom is -0.311 e. The smallest absolute Gasteiger partial charge is 0.112 e. The average Bonchev–Trinajstić information content (AvgIpc) is 2.99. The quantitative estimate of drug-likeness (QED) is 0.870. The van der Waals surface area contributed by atoms with Crippen LogP contribution in [0.1, 0.15) is 51.0 Å². The molecule has 19 heavy (non-hydrogen) atoms. The van der Waals surface area contributed by atoms with E-state index in [9.17, 15) is 0 Å². The highest BCUT2D eigenvalue weighted by Gasteiger charge is 2.33. The Morgan fingerprint density at radius 1 is 1.37 bits per heavy atom. The van der Waals surface area contributed by atoms with Crippen molar-refractivity contribution in [1.82, 2.24) is 15.6 Å². The highest BCUT2D eigenvalue weighted by molar-refractivity contribution is 7.09. The summed E-state index contributed by atoms with van der Waals surface area (Å²) in [5.74, 6) is 0.915. The van der Waals surface area contributed by atoms with E-state index < -0.39 is 0 Å². The number of hydrogen-bond donors (Lipinski definition) is 2. The number of piperidine rings is 1. The first-order valence-corrected chi connectivity index (χ1v) is 8.42. The second-order valence-electron chi connectivity index (χ2n) is 6.65. The Bertz CT molecular complexity index is 390. The number of fused-ring (bicyclic) bond motifs is 2. The fourth-order valence-electron chi connectivity index (χ4n) is 3.61. The highest BCUT2D eigenvalue weighted by atomic mass is 32.1. The Morgan fingerprint density at radius 2 is 2.11 bits per heavy atom. The van der Waals surface area contributed by atoms with Gasteiger partial charge in [0.2, 0.25) is 0 Å². The molecule has 1 aromatic heterocycles. The summed E-state index contributed by atoms with van der Waals surface area (Å²) < 4.78 is 0. The first-order valence-electron chi connectivity index (χ1n) is 7.54. The van der Waals surface area contributed by atoms with Crippen molar-refractivity contribution in [3.63, 3.8) is 0 Å². The maximum absolute atomic E-state index is 4.43. The Kier molecular flexibility index (Phi) is 3.92. The summed E-state index contributed by atoms with van der Waals surface area (Å²) in [4.78, 5) is 4.43. The van der Waals surface area contributed by atoms with Crippen molar-refractivity contribution in [2.24, 2.45) is 5.92 Å². The largest absolute Gasteiger partial charge is 0.311 e. The molecule has 0 radical (unpaired) electrons. The molecule has 0 saturated carbocycles. The fraction of sp³-hybridized carbons (Fsp3) is 0.800. The topological polar surface area (TPSA) is 37.0 Å². The first-order chi connectivity index (χ1) is 9.13. The number of rotatable bonds is 5. The summed E-state index contributed by atoms with van der Waals surface area (Å²) >= 11 is 1.74. The van der Waals surface area contributed by atoms with E-state index in [4.69, 9.17) is 0 Å². The molecule has 4 heteroatoms. The van der Waals surface area contributed by atoms with Crippen LogP contribution in [0.2, 0.25) is 0 Å². The summed E-state index contributed by atoms with van der Waals surface area (Å²) in [7, 11) is 0. The summed E-state index contributed by atoms with van der Waals surface area (Å²) in [5.41, 5.74) is 0.0140.